The summed E-state index contributed by atoms with van der Waals surface area (Å²) in [6.45, 7) is 8.14. The molecule has 0 aliphatic heterocycles. The normalized spacial score (nSPS) is 19.1. The minimum Gasteiger partial charge on any atom is -0.396 e. The number of hydrogen-bond acceptors (Lipinski definition) is 2. The van der Waals surface area contributed by atoms with Crippen LogP contribution in [-0.2, 0) is 0 Å². The second-order valence-corrected chi connectivity index (χ2v) is 4.28. The molecule has 2 nitrogen and oxygen atoms in total. The molecule has 0 aromatic rings. The Bertz CT molecular complexity index is 175. The van der Waals surface area contributed by atoms with Crippen LogP contribution in [-0.4, -0.2) is 22.9 Å². The molecule has 0 unspecified atom stereocenters. The third kappa shape index (κ3) is 4.77. The molecule has 0 amide bonds. The van der Waals surface area contributed by atoms with E-state index in [4.69, 9.17) is 5.11 Å². The molecule has 0 aliphatic rings. The quantitative estimate of drug-likeness (QED) is 0.646. The first-order valence-electron chi connectivity index (χ1n) is 5.50. The average molecular weight is 200 g/mol. The second-order valence-electron chi connectivity index (χ2n) is 4.28. The van der Waals surface area contributed by atoms with Gasteiger partial charge < -0.3 is 10.2 Å². The fraction of sp³-hybridized carbons (Fsp3) is 0.833. The molecule has 0 bridgehead atoms. The van der Waals surface area contributed by atoms with Crippen molar-refractivity contribution in [2.24, 2.45) is 11.8 Å². The Kier molecular flexibility index (Phi) is 6.85. The van der Waals surface area contributed by atoms with Gasteiger partial charge in [0.15, 0.2) is 0 Å². The molecular weight excluding hydrogens is 176 g/mol. The van der Waals surface area contributed by atoms with Gasteiger partial charge in [-0.05, 0) is 24.8 Å². The lowest BCUT2D eigenvalue weighted by Gasteiger charge is -2.18. The van der Waals surface area contributed by atoms with Crippen molar-refractivity contribution in [2.75, 3.05) is 6.61 Å². The highest BCUT2D eigenvalue weighted by Crippen LogP contribution is 2.16. The van der Waals surface area contributed by atoms with Crippen molar-refractivity contribution in [3.8, 4) is 0 Å². The van der Waals surface area contributed by atoms with Crippen LogP contribution in [0.3, 0.4) is 0 Å². The number of hydrogen-bond donors (Lipinski definition) is 2. The predicted octanol–water partition coefficient (Wildman–Crippen LogP) is 2.36. The number of allylic oxidation sites excluding steroid dienone is 1. The van der Waals surface area contributed by atoms with Crippen molar-refractivity contribution < 1.29 is 10.2 Å². The molecule has 14 heavy (non-hydrogen) atoms. The van der Waals surface area contributed by atoms with Crippen LogP contribution < -0.4 is 0 Å². The first-order valence-corrected chi connectivity index (χ1v) is 5.50. The third-order valence-corrected chi connectivity index (χ3v) is 2.58. The van der Waals surface area contributed by atoms with E-state index in [2.05, 4.69) is 19.9 Å². The summed E-state index contributed by atoms with van der Waals surface area (Å²) in [5.41, 5.74) is 0.979. The van der Waals surface area contributed by atoms with E-state index < -0.39 is 6.10 Å². The van der Waals surface area contributed by atoms with Crippen LogP contribution in [0.25, 0.3) is 0 Å². The summed E-state index contributed by atoms with van der Waals surface area (Å²) in [6.07, 6.45) is 3.92. The zero-order valence-corrected chi connectivity index (χ0v) is 9.83. The molecule has 2 heteroatoms. The minimum absolute atomic E-state index is 0.0362. The zero-order valence-electron chi connectivity index (χ0n) is 9.83. The molecule has 0 aromatic carbocycles. The van der Waals surface area contributed by atoms with Crippen LogP contribution in [0.5, 0.6) is 0 Å². The molecule has 0 spiro atoms. The number of rotatable bonds is 6. The van der Waals surface area contributed by atoms with Crippen molar-refractivity contribution in [3.05, 3.63) is 11.6 Å². The van der Waals surface area contributed by atoms with Gasteiger partial charge in [0.1, 0.15) is 0 Å². The monoisotopic (exact) mass is 200 g/mol. The summed E-state index contributed by atoms with van der Waals surface area (Å²) >= 11 is 0. The van der Waals surface area contributed by atoms with Crippen LogP contribution in [0.4, 0.5) is 0 Å². The highest BCUT2D eigenvalue weighted by molar-refractivity contribution is 5.07. The Hall–Kier alpha value is -0.340. The van der Waals surface area contributed by atoms with E-state index in [9.17, 15) is 5.11 Å². The van der Waals surface area contributed by atoms with Gasteiger partial charge in [-0.3, -0.25) is 0 Å². The van der Waals surface area contributed by atoms with Crippen LogP contribution in [0.2, 0.25) is 0 Å². The van der Waals surface area contributed by atoms with Gasteiger partial charge in [0.2, 0.25) is 0 Å². The van der Waals surface area contributed by atoms with E-state index in [1.807, 2.05) is 13.8 Å². The summed E-state index contributed by atoms with van der Waals surface area (Å²) in [6, 6.07) is 0. The fourth-order valence-corrected chi connectivity index (χ4v) is 1.63. The summed E-state index contributed by atoms with van der Waals surface area (Å²) in [5.74, 6) is 0.445. The molecule has 0 saturated heterocycles. The van der Waals surface area contributed by atoms with Crippen molar-refractivity contribution >= 4 is 0 Å². The molecule has 0 aromatic heterocycles. The molecular formula is C12H24O2. The molecule has 2 N–H and O–H groups in total. The topological polar surface area (TPSA) is 40.5 Å². The van der Waals surface area contributed by atoms with E-state index in [-0.39, 0.29) is 12.5 Å². The minimum atomic E-state index is -0.501. The van der Waals surface area contributed by atoms with Gasteiger partial charge >= 0.3 is 0 Å². The van der Waals surface area contributed by atoms with Crippen molar-refractivity contribution in [1.29, 1.82) is 0 Å². The summed E-state index contributed by atoms with van der Waals surface area (Å²) in [5, 5.41) is 18.7. The van der Waals surface area contributed by atoms with Gasteiger partial charge in [-0.2, -0.15) is 0 Å². The molecule has 0 rings (SSSR count). The number of aliphatic hydroxyl groups is 2. The molecule has 0 aliphatic carbocycles. The number of aliphatic hydroxyl groups excluding tert-OH is 2. The van der Waals surface area contributed by atoms with Crippen LogP contribution in [0, 0.1) is 11.8 Å². The highest BCUT2D eigenvalue weighted by Gasteiger charge is 2.15. The maximum absolute atomic E-state index is 9.78. The maximum Gasteiger partial charge on any atom is 0.0794 e. The van der Waals surface area contributed by atoms with Gasteiger partial charge in [-0.25, -0.2) is 0 Å². The van der Waals surface area contributed by atoms with E-state index in [1.54, 1.807) is 0 Å². The standard InChI is InChI=1S/C12H24O2/c1-5-6-9(2)7-10(3)12(14)11(4)8-13/h7,9,11-14H,5-6,8H2,1-4H3/b10-7+/t9-,11-,12+/m1/s1. The lowest BCUT2D eigenvalue weighted by molar-refractivity contribution is 0.103. The molecule has 3 atom stereocenters. The van der Waals surface area contributed by atoms with Crippen LogP contribution in [0.15, 0.2) is 11.6 Å². The SMILES string of the molecule is CCC[C@@H](C)/C=C(\C)[C@H](O)[C@H](C)CO. The highest BCUT2D eigenvalue weighted by atomic mass is 16.3. The second kappa shape index (κ2) is 7.02. The Balaban J connectivity index is 4.21. The Labute approximate surface area is 87.7 Å². The third-order valence-electron chi connectivity index (χ3n) is 2.58. The Morgan fingerprint density at radius 3 is 2.36 bits per heavy atom. The van der Waals surface area contributed by atoms with Crippen LogP contribution in [0.1, 0.15) is 40.5 Å². The zero-order chi connectivity index (χ0) is 11.1. The predicted molar refractivity (Wildman–Crippen MR) is 60.1 cm³/mol. The van der Waals surface area contributed by atoms with E-state index >= 15 is 0 Å². The molecule has 0 saturated carbocycles. The molecule has 84 valence electrons. The lowest BCUT2D eigenvalue weighted by Crippen LogP contribution is -2.22. The van der Waals surface area contributed by atoms with Crippen LogP contribution >= 0.6 is 0 Å². The summed E-state index contributed by atoms with van der Waals surface area (Å²) in [7, 11) is 0. The fourth-order valence-electron chi connectivity index (χ4n) is 1.63. The Morgan fingerprint density at radius 2 is 1.93 bits per heavy atom. The van der Waals surface area contributed by atoms with Gasteiger partial charge in [0, 0.05) is 12.5 Å². The van der Waals surface area contributed by atoms with Gasteiger partial charge in [-0.1, -0.05) is 33.3 Å². The van der Waals surface area contributed by atoms with Crippen molar-refractivity contribution in [1.82, 2.24) is 0 Å². The maximum atomic E-state index is 9.78. The molecule has 0 radical (unpaired) electrons. The lowest BCUT2D eigenvalue weighted by atomic mass is 9.95. The summed E-state index contributed by atoms with van der Waals surface area (Å²) in [4.78, 5) is 0. The Morgan fingerprint density at radius 1 is 1.36 bits per heavy atom. The first kappa shape index (κ1) is 13.7. The van der Waals surface area contributed by atoms with Gasteiger partial charge in [0.05, 0.1) is 6.10 Å². The average Bonchev–Trinajstić information content (AvgIpc) is 2.15. The van der Waals surface area contributed by atoms with Crippen molar-refractivity contribution in [3.63, 3.8) is 0 Å². The summed E-state index contributed by atoms with van der Waals surface area (Å²) < 4.78 is 0. The van der Waals surface area contributed by atoms with E-state index in [0.29, 0.717) is 5.92 Å². The smallest absolute Gasteiger partial charge is 0.0794 e. The van der Waals surface area contributed by atoms with Gasteiger partial charge in [-0.15, -0.1) is 0 Å². The molecule has 0 heterocycles. The van der Waals surface area contributed by atoms with E-state index in [0.717, 1.165) is 18.4 Å². The molecule has 0 fully saturated rings. The van der Waals surface area contributed by atoms with E-state index in [1.165, 1.54) is 0 Å². The largest absolute Gasteiger partial charge is 0.396 e. The van der Waals surface area contributed by atoms with Crippen molar-refractivity contribution in [2.45, 2.75) is 46.6 Å². The van der Waals surface area contributed by atoms with Gasteiger partial charge in [0.25, 0.3) is 0 Å². The first-order chi connectivity index (χ1) is 6.52.